The van der Waals surface area contributed by atoms with Crippen LogP contribution in [0.1, 0.15) is 0 Å². The van der Waals surface area contributed by atoms with Gasteiger partial charge in [0.2, 0.25) is 0 Å². The van der Waals surface area contributed by atoms with E-state index in [0.29, 0.717) is 0 Å². The molecule has 4 radical (unpaired) electrons. The van der Waals surface area contributed by atoms with E-state index in [-0.39, 0.29) is 10.1 Å². The molecular formula is C2H2B4Be. The first kappa shape index (κ1) is 7.43. The predicted octanol–water partition coefficient (Wildman–Crippen LogP) is -1.50. The summed E-state index contributed by atoms with van der Waals surface area (Å²) >= 11 is 0. The van der Waals surface area contributed by atoms with Crippen LogP contribution in [-0.2, 0) is 0 Å². The zero-order valence-electron chi connectivity index (χ0n) is 4.17. The second-order valence-electron chi connectivity index (χ2n) is 1.15. The van der Waals surface area contributed by atoms with E-state index < -0.39 is 0 Å². The Hall–Kier alpha value is 0.429. The summed E-state index contributed by atoms with van der Waals surface area (Å²) in [6.45, 7) is 0. The van der Waals surface area contributed by atoms with E-state index in [4.69, 9.17) is 0 Å². The minimum atomic E-state index is 0. The SMILES string of the molecule is [B]1[B][CH-]1.[B]1[B][CH-]1.[Be+2]. The van der Waals surface area contributed by atoms with E-state index >= 15 is 0 Å². The zero-order valence-corrected chi connectivity index (χ0v) is 4.17. The minimum absolute atomic E-state index is 0. The molecule has 0 N–H and O–H groups in total. The quantitative estimate of drug-likeness (QED) is 0.244. The van der Waals surface area contributed by atoms with Crippen molar-refractivity contribution in [2.75, 3.05) is 0 Å². The van der Waals surface area contributed by atoms with E-state index in [0.717, 1.165) is 0 Å². The van der Waals surface area contributed by atoms with E-state index in [1.165, 1.54) is 0 Å². The maximum absolute atomic E-state index is 2.00. The fraction of sp³-hybridized carbons (Fsp3) is 0. The topological polar surface area (TPSA) is 0 Å². The minimum Gasteiger partial charge on any atom is -0.407 e. The Labute approximate surface area is 52.0 Å². The molecule has 2 aliphatic rings. The summed E-state index contributed by atoms with van der Waals surface area (Å²) in [5, 5.41) is 0. The Morgan fingerprint density at radius 2 is 0.857 bits per heavy atom. The molecule has 0 atom stereocenters. The molecule has 0 amide bonds. The van der Waals surface area contributed by atoms with Gasteiger partial charge in [-0.2, -0.15) is 28.7 Å². The Morgan fingerprint density at radius 1 is 0.714 bits per heavy atom. The third kappa shape index (κ3) is 21.4. The van der Waals surface area contributed by atoms with Crippen LogP contribution in [0.3, 0.4) is 0 Å². The molecule has 2 rings (SSSR count). The van der Waals surface area contributed by atoms with Gasteiger partial charge in [0.15, 0.2) is 0 Å². The summed E-state index contributed by atoms with van der Waals surface area (Å²) in [5.74, 6) is 0. The van der Waals surface area contributed by atoms with Crippen LogP contribution in [0.4, 0.5) is 0 Å². The fourth-order valence-corrected chi connectivity index (χ4v) is 0. The molecule has 2 fully saturated rings. The molecular weight excluding hydrogens is 76.3 g/mol. The third-order valence-electron chi connectivity index (χ3n) is 0.385. The Balaban J connectivity index is 0.0000000900. The van der Waals surface area contributed by atoms with E-state index in [2.05, 4.69) is 0 Å². The van der Waals surface area contributed by atoms with Crippen LogP contribution in [-0.4, -0.2) is 38.8 Å². The van der Waals surface area contributed by atoms with Gasteiger partial charge in [-0.25, -0.2) is 0 Å². The maximum Gasteiger partial charge on any atom is 2.00 e. The standard InChI is InChI=1S/2CHB2.Be/c2*1-2-3-1;/h2*1H;/q2*-1;+2. The number of rotatable bonds is 0. The predicted molar refractivity (Wildman–Crippen MR) is 37.4 cm³/mol. The van der Waals surface area contributed by atoms with Crippen molar-refractivity contribution in [1.82, 2.24) is 0 Å². The molecule has 0 aromatic heterocycles. The molecule has 0 saturated carbocycles. The average Bonchev–Trinajstić information content (AvgIpc) is 2.31. The van der Waals surface area contributed by atoms with Gasteiger partial charge in [-0.05, 0) is 0 Å². The van der Waals surface area contributed by atoms with Crippen molar-refractivity contribution in [3.8, 4) is 0 Å². The van der Waals surface area contributed by atoms with Gasteiger partial charge in [0.25, 0.3) is 0 Å². The van der Waals surface area contributed by atoms with Crippen molar-refractivity contribution in [1.29, 1.82) is 0 Å². The largest absolute Gasteiger partial charge is 2.00 e. The van der Waals surface area contributed by atoms with Crippen LogP contribution < -0.4 is 0 Å². The molecule has 0 spiro atoms. The first-order valence-electron chi connectivity index (χ1n) is 2.00. The van der Waals surface area contributed by atoms with Gasteiger partial charge in [0.1, 0.15) is 0 Å². The van der Waals surface area contributed by atoms with Gasteiger partial charge in [0.05, 0.1) is 0 Å². The molecule has 0 aromatic rings. The van der Waals surface area contributed by atoms with Gasteiger partial charge in [-0.1, -0.05) is 0 Å². The van der Waals surface area contributed by atoms with Gasteiger partial charge in [0, 0.05) is 0 Å². The van der Waals surface area contributed by atoms with Crippen molar-refractivity contribution in [2.45, 2.75) is 0 Å². The van der Waals surface area contributed by atoms with Crippen molar-refractivity contribution >= 4 is 38.8 Å². The Morgan fingerprint density at radius 3 is 0.857 bits per heavy atom. The van der Waals surface area contributed by atoms with Crippen molar-refractivity contribution < 1.29 is 0 Å². The maximum atomic E-state index is 2.00. The molecule has 2 aliphatic heterocycles. The molecule has 2 heterocycles. The number of hydrogen-bond donors (Lipinski definition) is 0. The van der Waals surface area contributed by atoms with Crippen LogP contribution in [0, 0.1) is 12.4 Å². The molecule has 0 aromatic carbocycles. The second kappa shape index (κ2) is 4.58. The van der Waals surface area contributed by atoms with Crippen molar-refractivity contribution in [3.63, 3.8) is 0 Å². The van der Waals surface area contributed by atoms with Gasteiger partial charge >= 0.3 is 10.1 Å². The monoisotopic (exact) mass is 79.1 g/mol. The molecule has 2 saturated heterocycles. The molecule has 7 heavy (non-hydrogen) atoms. The van der Waals surface area contributed by atoms with Crippen molar-refractivity contribution in [3.05, 3.63) is 12.4 Å². The summed E-state index contributed by atoms with van der Waals surface area (Å²) in [5.41, 5.74) is 0. The smallest absolute Gasteiger partial charge is 0.407 e. The van der Waals surface area contributed by atoms with Crippen LogP contribution >= 0.6 is 0 Å². The normalized spacial score (nSPS) is 16.0. The van der Waals surface area contributed by atoms with Crippen molar-refractivity contribution in [2.24, 2.45) is 0 Å². The molecule has 0 unspecified atom stereocenters. The summed E-state index contributed by atoms with van der Waals surface area (Å²) in [7, 11) is 8.00. The first-order valence-corrected chi connectivity index (χ1v) is 2.00. The van der Waals surface area contributed by atoms with Crippen LogP contribution in [0.25, 0.3) is 0 Å². The summed E-state index contributed by atoms with van der Waals surface area (Å²) in [4.78, 5) is 0. The van der Waals surface area contributed by atoms with Gasteiger partial charge in [-0.15, -0.1) is 0 Å². The Bertz CT molecular complexity index is 25.2. The Kier molecular flexibility index (Phi) is 4.86. The zero-order chi connectivity index (χ0) is 4.24. The molecule has 0 bridgehead atoms. The van der Waals surface area contributed by atoms with E-state index in [1.54, 1.807) is 0 Å². The van der Waals surface area contributed by atoms with E-state index in [1.807, 2.05) is 41.1 Å². The summed E-state index contributed by atoms with van der Waals surface area (Å²) in [6.07, 6.45) is 4.00. The fourth-order valence-electron chi connectivity index (χ4n) is 0. The van der Waals surface area contributed by atoms with Crippen LogP contribution in [0.2, 0.25) is 0 Å². The van der Waals surface area contributed by atoms with E-state index in [9.17, 15) is 0 Å². The second-order valence-corrected chi connectivity index (χ2v) is 1.15. The van der Waals surface area contributed by atoms with Crippen LogP contribution in [0.5, 0.6) is 0 Å². The van der Waals surface area contributed by atoms with Crippen LogP contribution in [0.15, 0.2) is 0 Å². The number of hydrogen-bond acceptors (Lipinski definition) is 0. The third-order valence-corrected chi connectivity index (χ3v) is 0.385. The summed E-state index contributed by atoms with van der Waals surface area (Å²) in [6, 6.07) is 0. The average molecular weight is 78.3 g/mol. The molecule has 5 heteroatoms. The summed E-state index contributed by atoms with van der Waals surface area (Å²) < 4.78 is 0. The molecule has 24 valence electrons. The first-order chi connectivity index (χ1) is 3.00. The molecule has 0 nitrogen and oxygen atoms in total. The van der Waals surface area contributed by atoms with Gasteiger partial charge < -0.3 is 12.4 Å². The molecule has 0 aliphatic carbocycles. The van der Waals surface area contributed by atoms with Gasteiger partial charge in [-0.3, -0.25) is 0 Å².